The molecular formula is C25H30N2O5. The van der Waals surface area contributed by atoms with E-state index in [-0.39, 0.29) is 43.9 Å². The average Bonchev–Trinajstić information content (AvgIpc) is 3.08. The summed E-state index contributed by atoms with van der Waals surface area (Å²) in [6.07, 6.45) is -0.592. The molecule has 1 atom stereocenters. The van der Waals surface area contributed by atoms with Crippen LogP contribution in [0.25, 0.3) is 11.1 Å². The lowest BCUT2D eigenvalue weighted by Gasteiger charge is -2.25. The van der Waals surface area contributed by atoms with Gasteiger partial charge in [-0.05, 0) is 42.0 Å². The van der Waals surface area contributed by atoms with Crippen LogP contribution in [0, 0.1) is 11.3 Å². The molecule has 3 N–H and O–H groups in total. The summed E-state index contributed by atoms with van der Waals surface area (Å²) in [5.41, 5.74) is 3.72. The van der Waals surface area contributed by atoms with Gasteiger partial charge in [0.1, 0.15) is 6.61 Å². The molecule has 7 nitrogen and oxygen atoms in total. The minimum Gasteiger partial charge on any atom is -0.481 e. The van der Waals surface area contributed by atoms with Crippen molar-refractivity contribution in [1.29, 1.82) is 0 Å². The molecule has 1 aliphatic rings. The van der Waals surface area contributed by atoms with Crippen molar-refractivity contribution in [2.45, 2.75) is 33.1 Å². The van der Waals surface area contributed by atoms with Gasteiger partial charge in [0.25, 0.3) is 0 Å². The molecule has 32 heavy (non-hydrogen) atoms. The maximum absolute atomic E-state index is 12.5. The van der Waals surface area contributed by atoms with Gasteiger partial charge in [0.05, 0.1) is 5.41 Å². The zero-order valence-corrected chi connectivity index (χ0v) is 18.7. The quantitative estimate of drug-likeness (QED) is 0.553. The van der Waals surface area contributed by atoms with Crippen LogP contribution in [0.5, 0.6) is 0 Å². The van der Waals surface area contributed by atoms with Gasteiger partial charge in [-0.2, -0.15) is 0 Å². The van der Waals surface area contributed by atoms with Crippen LogP contribution in [0.4, 0.5) is 4.79 Å². The van der Waals surface area contributed by atoms with Crippen LogP contribution in [-0.4, -0.2) is 42.8 Å². The number of carbonyl (C=O) groups excluding carboxylic acids is 2. The molecule has 2 aromatic rings. The molecule has 2 amide bonds. The second-order valence-corrected chi connectivity index (χ2v) is 8.98. The van der Waals surface area contributed by atoms with Crippen LogP contribution in [-0.2, 0) is 14.3 Å². The summed E-state index contributed by atoms with van der Waals surface area (Å²) in [4.78, 5) is 35.6. The molecule has 0 radical (unpaired) electrons. The summed E-state index contributed by atoms with van der Waals surface area (Å²) >= 11 is 0. The van der Waals surface area contributed by atoms with Gasteiger partial charge in [-0.25, -0.2) is 4.79 Å². The van der Waals surface area contributed by atoms with Crippen LogP contribution < -0.4 is 10.6 Å². The average molecular weight is 439 g/mol. The number of carboxylic acids is 1. The second kappa shape index (κ2) is 9.85. The van der Waals surface area contributed by atoms with E-state index in [4.69, 9.17) is 9.84 Å². The SMILES string of the molecule is CC(CNC(=O)C(C)(C)CNC(=O)OCC1c2ccccc2-c2ccccc21)CC(=O)O. The van der Waals surface area contributed by atoms with Crippen molar-refractivity contribution in [1.82, 2.24) is 10.6 Å². The van der Waals surface area contributed by atoms with E-state index in [1.807, 2.05) is 24.3 Å². The predicted molar refractivity (Wildman–Crippen MR) is 121 cm³/mol. The molecule has 0 spiro atoms. The normalized spacial score (nSPS) is 13.6. The van der Waals surface area contributed by atoms with Crippen LogP contribution in [0.15, 0.2) is 48.5 Å². The lowest BCUT2D eigenvalue weighted by Crippen LogP contribution is -2.46. The van der Waals surface area contributed by atoms with Gasteiger partial charge in [0.2, 0.25) is 5.91 Å². The molecule has 3 rings (SSSR count). The third kappa shape index (κ3) is 5.46. The van der Waals surface area contributed by atoms with Gasteiger partial charge in [-0.1, -0.05) is 55.5 Å². The summed E-state index contributed by atoms with van der Waals surface area (Å²) in [5, 5.41) is 14.3. The summed E-state index contributed by atoms with van der Waals surface area (Å²) in [7, 11) is 0. The summed E-state index contributed by atoms with van der Waals surface area (Å²) < 4.78 is 5.51. The fourth-order valence-corrected chi connectivity index (χ4v) is 3.90. The topological polar surface area (TPSA) is 105 Å². The number of carboxylic acid groups (broad SMARTS) is 1. The van der Waals surface area contributed by atoms with Gasteiger partial charge >= 0.3 is 12.1 Å². The fraction of sp³-hybridized carbons (Fsp3) is 0.400. The number of hydrogen-bond donors (Lipinski definition) is 3. The first-order valence-electron chi connectivity index (χ1n) is 10.8. The number of rotatable bonds is 9. The Hall–Kier alpha value is -3.35. The molecular weight excluding hydrogens is 408 g/mol. The van der Waals surface area contributed by atoms with E-state index in [1.54, 1.807) is 20.8 Å². The van der Waals surface area contributed by atoms with Gasteiger partial charge in [-0.15, -0.1) is 0 Å². The number of fused-ring (bicyclic) bond motifs is 3. The van der Waals surface area contributed by atoms with Gasteiger partial charge in [0.15, 0.2) is 0 Å². The number of benzene rings is 2. The minimum absolute atomic E-state index is 0.0152. The second-order valence-electron chi connectivity index (χ2n) is 8.98. The molecule has 0 saturated heterocycles. The number of aliphatic carboxylic acids is 1. The number of nitrogens with one attached hydrogen (secondary N) is 2. The van der Waals surface area contributed by atoms with E-state index in [2.05, 4.69) is 34.9 Å². The lowest BCUT2D eigenvalue weighted by molar-refractivity contribution is -0.138. The summed E-state index contributed by atoms with van der Waals surface area (Å²) in [6, 6.07) is 16.2. The Balaban J connectivity index is 1.51. The van der Waals surface area contributed by atoms with Gasteiger partial charge in [-0.3, -0.25) is 9.59 Å². The number of alkyl carbamates (subject to hydrolysis) is 1. The van der Waals surface area contributed by atoms with E-state index < -0.39 is 17.5 Å². The zero-order valence-electron chi connectivity index (χ0n) is 18.7. The Bertz CT molecular complexity index is 956. The highest BCUT2D eigenvalue weighted by molar-refractivity contribution is 5.83. The van der Waals surface area contributed by atoms with Crippen LogP contribution in [0.1, 0.15) is 44.2 Å². The third-order valence-corrected chi connectivity index (χ3v) is 5.77. The van der Waals surface area contributed by atoms with E-state index in [1.165, 1.54) is 0 Å². The number of carbonyl (C=O) groups is 3. The first kappa shape index (κ1) is 23.3. The van der Waals surface area contributed by atoms with Crippen molar-refractivity contribution in [3.63, 3.8) is 0 Å². The highest BCUT2D eigenvalue weighted by atomic mass is 16.5. The molecule has 170 valence electrons. The highest BCUT2D eigenvalue weighted by Gasteiger charge is 2.31. The van der Waals surface area contributed by atoms with Gasteiger partial charge < -0.3 is 20.5 Å². The van der Waals surface area contributed by atoms with Crippen molar-refractivity contribution in [3.8, 4) is 11.1 Å². The Kier molecular flexibility index (Phi) is 7.18. The molecule has 0 heterocycles. The van der Waals surface area contributed by atoms with E-state index in [0.717, 1.165) is 22.3 Å². The van der Waals surface area contributed by atoms with E-state index in [0.29, 0.717) is 0 Å². The number of hydrogen-bond acceptors (Lipinski definition) is 4. The maximum Gasteiger partial charge on any atom is 0.407 e. The van der Waals surface area contributed by atoms with E-state index >= 15 is 0 Å². The van der Waals surface area contributed by atoms with Gasteiger partial charge in [0, 0.05) is 25.4 Å². The fourth-order valence-electron chi connectivity index (χ4n) is 3.90. The molecule has 0 fully saturated rings. The minimum atomic E-state index is -0.900. The van der Waals surface area contributed by atoms with Crippen molar-refractivity contribution < 1.29 is 24.2 Å². The van der Waals surface area contributed by atoms with Crippen molar-refractivity contribution in [2.75, 3.05) is 19.7 Å². The molecule has 1 aliphatic carbocycles. The Morgan fingerprint density at radius 1 is 1.00 bits per heavy atom. The van der Waals surface area contributed by atoms with Crippen molar-refractivity contribution in [2.24, 2.45) is 11.3 Å². The Morgan fingerprint density at radius 3 is 2.12 bits per heavy atom. The number of amides is 2. The first-order valence-corrected chi connectivity index (χ1v) is 10.8. The van der Waals surface area contributed by atoms with Crippen LogP contribution >= 0.6 is 0 Å². The third-order valence-electron chi connectivity index (χ3n) is 5.77. The molecule has 0 aromatic heterocycles. The van der Waals surface area contributed by atoms with Crippen LogP contribution in [0.2, 0.25) is 0 Å². The maximum atomic E-state index is 12.5. The summed E-state index contributed by atoms with van der Waals surface area (Å²) in [6.45, 7) is 5.76. The zero-order chi connectivity index (χ0) is 23.3. The Labute approximate surface area is 188 Å². The number of ether oxygens (including phenoxy) is 1. The summed E-state index contributed by atoms with van der Waals surface area (Å²) in [5.74, 6) is -1.36. The molecule has 2 aromatic carbocycles. The molecule has 0 bridgehead atoms. The Morgan fingerprint density at radius 2 is 1.56 bits per heavy atom. The van der Waals surface area contributed by atoms with Crippen molar-refractivity contribution in [3.05, 3.63) is 59.7 Å². The molecule has 7 heteroatoms. The largest absolute Gasteiger partial charge is 0.481 e. The van der Waals surface area contributed by atoms with Crippen molar-refractivity contribution >= 4 is 18.0 Å². The predicted octanol–water partition coefficient (Wildman–Crippen LogP) is 3.78. The standard InChI is InChI=1S/C25H30N2O5/c1-16(12-22(28)29)13-26-23(30)25(2,3)15-27-24(31)32-14-21-19-10-6-4-8-17(19)18-9-5-7-11-20(18)21/h4-11,16,21H,12-15H2,1-3H3,(H,26,30)(H,27,31)(H,28,29). The lowest BCUT2D eigenvalue weighted by atomic mass is 9.92. The molecule has 1 unspecified atom stereocenters. The van der Waals surface area contributed by atoms with E-state index in [9.17, 15) is 14.4 Å². The highest BCUT2D eigenvalue weighted by Crippen LogP contribution is 2.44. The van der Waals surface area contributed by atoms with Crippen LogP contribution in [0.3, 0.4) is 0 Å². The first-order chi connectivity index (χ1) is 15.2. The molecule has 0 saturated carbocycles. The molecule has 0 aliphatic heterocycles. The smallest absolute Gasteiger partial charge is 0.407 e. The monoisotopic (exact) mass is 438 g/mol.